The first-order valence-electron chi connectivity index (χ1n) is 9.00. The molecule has 0 radical (unpaired) electrons. The normalized spacial score (nSPS) is 13.1. The summed E-state index contributed by atoms with van der Waals surface area (Å²) in [5.74, 6) is 0.271. The smallest absolute Gasteiger partial charge is 0.253 e. The number of rotatable bonds is 4. The van der Waals surface area contributed by atoms with Gasteiger partial charge in [-0.15, -0.1) is 0 Å². The highest BCUT2D eigenvalue weighted by Crippen LogP contribution is 2.23. The van der Waals surface area contributed by atoms with Crippen molar-refractivity contribution in [2.45, 2.75) is 19.5 Å². The van der Waals surface area contributed by atoms with Crippen LogP contribution in [0.25, 0.3) is 0 Å². The third kappa shape index (κ3) is 3.82. The second kappa shape index (κ2) is 7.58. The number of hydrogen-bond acceptors (Lipinski definition) is 3. The maximum absolute atomic E-state index is 13.6. The fraction of sp³-hybridized carbons (Fsp3) is 0.182. The number of benzene rings is 2. The molecule has 136 valence electrons. The molecule has 0 atom stereocenters. The predicted octanol–water partition coefficient (Wildman–Crippen LogP) is 3.71. The minimum absolute atomic E-state index is 0.149. The Morgan fingerprint density at radius 3 is 2.59 bits per heavy atom. The van der Waals surface area contributed by atoms with Crippen LogP contribution in [0.1, 0.15) is 27.0 Å². The lowest BCUT2D eigenvalue weighted by Gasteiger charge is -2.29. The average molecular weight is 361 g/mol. The molecule has 4 rings (SSSR count). The Kier molecular flexibility index (Phi) is 4.83. The minimum Gasteiger partial charge on any atom is -0.352 e. The molecule has 1 aliphatic heterocycles. The van der Waals surface area contributed by atoms with Gasteiger partial charge in [-0.25, -0.2) is 9.37 Å². The highest BCUT2D eigenvalue weighted by Gasteiger charge is 2.17. The number of aromatic nitrogens is 1. The summed E-state index contributed by atoms with van der Waals surface area (Å²) in [5.41, 5.74) is 3.63. The van der Waals surface area contributed by atoms with E-state index in [2.05, 4.69) is 39.5 Å². The third-order valence-corrected chi connectivity index (χ3v) is 4.86. The summed E-state index contributed by atoms with van der Waals surface area (Å²) in [5, 5.41) is 2.74. The van der Waals surface area contributed by atoms with Crippen molar-refractivity contribution in [2.24, 2.45) is 0 Å². The van der Waals surface area contributed by atoms with Crippen LogP contribution in [-0.2, 0) is 19.5 Å². The zero-order valence-corrected chi connectivity index (χ0v) is 14.9. The molecule has 0 fully saturated rings. The summed E-state index contributed by atoms with van der Waals surface area (Å²) in [6.45, 7) is 1.88. The van der Waals surface area contributed by atoms with Crippen LogP contribution in [0, 0.1) is 5.82 Å². The highest BCUT2D eigenvalue weighted by molar-refractivity contribution is 5.94. The molecular weight excluding hydrogens is 341 g/mol. The van der Waals surface area contributed by atoms with Crippen molar-refractivity contribution < 1.29 is 9.18 Å². The summed E-state index contributed by atoms with van der Waals surface area (Å²) in [7, 11) is 0. The molecule has 3 aromatic rings. The maximum Gasteiger partial charge on any atom is 0.253 e. The first-order valence-corrected chi connectivity index (χ1v) is 9.00. The SMILES string of the molecule is O=C(NCc1ccccc1F)c1ccc(N2CCc3ccccc3C2)nc1. The van der Waals surface area contributed by atoms with E-state index in [1.807, 2.05) is 6.07 Å². The van der Waals surface area contributed by atoms with Gasteiger partial charge in [0.05, 0.1) is 5.56 Å². The molecule has 2 aromatic carbocycles. The van der Waals surface area contributed by atoms with E-state index in [-0.39, 0.29) is 18.3 Å². The molecule has 0 unspecified atom stereocenters. The lowest BCUT2D eigenvalue weighted by atomic mass is 10.00. The Bertz CT molecular complexity index is 956. The Morgan fingerprint density at radius 1 is 1.04 bits per heavy atom. The van der Waals surface area contributed by atoms with Crippen LogP contribution in [0.4, 0.5) is 10.2 Å². The quantitative estimate of drug-likeness (QED) is 0.770. The van der Waals surface area contributed by atoms with Crippen molar-refractivity contribution in [3.05, 3.63) is 94.9 Å². The van der Waals surface area contributed by atoms with Gasteiger partial charge in [0.1, 0.15) is 11.6 Å². The molecular formula is C22H20FN3O. The third-order valence-electron chi connectivity index (χ3n) is 4.86. The van der Waals surface area contributed by atoms with E-state index in [0.29, 0.717) is 11.1 Å². The van der Waals surface area contributed by atoms with Gasteiger partial charge in [-0.1, -0.05) is 42.5 Å². The van der Waals surface area contributed by atoms with E-state index in [1.54, 1.807) is 30.5 Å². The maximum atomic E-state index is 13.6. The van der Waals surface area contributed by atoms with Crippen LogP contribution < -0.4 is 10.2 Å². The van der Waals surface area contributed by atoms with Crippen LogP contribution >= 0.6 is 0 Å². The Hall–Kier alpha value is -3.21. The predicted molar refractivity (Wildman–Crippen MR) is 103 cm³/mol. The number of nitrogens with zero attached hydrogens (tertiary/aromatic N) is 2. The van der Waals surface area contributed by atoms with E-state index in [4.69, 9.17) is 0 Å². The number of nitrogens with one attached hydrogen (secondary N) is 1. The molecule has 2 heterocycles. The number of amides is 1. The monoisotopic (exact) mass is 361 g/mol. The second-order valence-electron chi connectivity index (χ2n) is 6.62. The Morgan fingerprint density at radius 2 is 1.81 bits per heavy atom. The summed E-state index contributed by atoms with van der Waals surface area (Å²) in [6.07, 6.45) is 2.56. The van der Waals surface area contributed by atoms with Gasteiger partial charge in [0, 0.05) is 31.4 Å². The van der Waals surface area contributed by atoms with E-state index >= 15 is 0 Å². The highest BCUT2D eigenvalue weighted by atomic mass is 19.1. The average Bonchev–Trinajstić information content (AvgIpc) is 2.73. The summed E-state index contributed by atoms with van der Waals surface area (Å²) in [4.78, 5) is 19.0. The van der Waals surface area contributed by atoms with Gasteiger partial charge >= 0.3 is 0 Å². The second-order valence-corrected chi connectivity index (χ2v) is 6.62. The number of halogens is 1. The first kappa shape index (κ1) is 17.2. The minimum atomic E-state index is -0.323. The fourth-order valence-electron chi connectivity index (χ4n) is 3.32. The van der Waals surface area contributed by atoms with Crippen LogP contribution in [0.2, 0.25) is 0 Å². The van der Waals surface area contributed by atoms with E-state index in [1.165, 1.54) is 17.2 Å². The first-order chi connectivity index (χ1) is 13.2. The van der Waals surface area contributed by atoms with Gasteiger partial charge in [-0.3, -0.25) is 4.79 Å². The Labute approximate surface area is 157 Å². The number of hydrogen-bond donors (Lipinski definition) is 1. The Balaban J connectivity index is 1.40. The van der Waals surface area contributed by atoms with E-state index < -0.39 is 0 Å². The van der Waals surface area contributed by atoms with Gasteiger partial charge in [0.15, 0.2) is 0 Å². The van der Waals surface area contributed by atoms with E-state index in [0.717, 1.165) is 25.3 Å². The molecule has 1 amide bonds. The number of carbonyl (C=O) groups is 1. The molecule has 0 saturated heterocycles. The van der Waals surface area contributed by atoms with Crippen molar-refractivity contribution in [1.82, 2.24) is 10.3 Å². The number of carbonyl (C=O) groups excluding carboxylic acids is 1. The van der Waals surface area contributed by atoms with Crippen molar-refractivity contribution in [3.8, 4) is 0 Å². The van der Waals surface area contributed by atoms with Gasteiger partial charge < -0.3 is 10.2 Å². The van der Waals surface area contributed by atoms with Gasteiger partial charge in [-0.2, -0.15) is 0 Å². The molecule has 0 aliphatic carbocycles. The van der Waals surface area contributed by atoms with Gasteiger partial charge in [-0.05, 0) is 35.7 Å². The van der Waals surface area contributed by atoms with Gasteiger partial charge in [0.2, 0.25) is 0 Å². The summed E-state index contributed by atoms with van der Waals surface area (Å²) in [6, 6.07) is 18.5. The molecule has 4 nitrogen and oxygen atoms in total. The molecule has 1 aromatic heterocycles. The van der Waals surface area contributed by atoms with Crippen molar-refractivity contribution >= 4 is 11.7 Å². The molecule has 5 heteroatoms. The summed E-state index contributed by atoms with van der Waals surface area (Å²) < 4.78 is 13.6. The molecule has 1 aliphatic rings. The van der Waals surface area contributed by atoms with Crippen LogP contribution in [0.15, 0.2) is 66.9 Å². The molecule has 27 heavy (non-hydrogen) atoms. The van der Waals surface area contributed by atoms with Crippen molar-refractivity contribution in [3.63, 3.8) is 0 Å². The number of anilines is 1. The summed E-state index contributed by atoms with van der Waals surface area (Å²) >= 11 is 0. The topological polar surface area (TPSA) is 45.2 Å². The zero-order chi connectivity index (χ0) is 18.6. The van der Waals surface area contributed by atoms with Crippen LogP contribution in [-0.4, -0.2) is 17.4 Å². The fourth-order valence-corrected chi connectivity index (χ4v) is 3.32. The molecule has 0 spiro atoms. The van der Waals surface area contributed by atoms with Gasteiger partial charge in [0.25, 0.3) is 5.91 Å². The zero-order valence-electron chi connectivity index (χ0n) is 14.9. The van der Waals surface area contributed by atoms with Crippen molar-refractivity contribution in [2.75, 3.05) is 11.4 Å². The lowest BCUT2D eigenvalue weighted by molar-refractivity contribution is 0.0950. The molecule has 1 N–H and O–H groups in total. The van der Waals surface area contributed by atoms with Crippen LogP contribution in [0.5, 0.6) is 0 Å². The van der Waals surface area contributed by atoms with E-state index in [9.17, 15) is 9.18 Å². The number of fused-ring (bicyclic) bond motifs is 1. The molecule has 0 bridgehead atoms. The van der Waals surface area contributed by atoms with Crippen molar-refractivity contribution in [1.29, 1.82) is 0 Å². The number of pyridine rings is 1. The largest absolute Gasteiger partial charge is 0.352 e. The molecule has 0 saturated carbocycles. The standard InChI is InChI=1S/C22H20FN3O/c23-20-8-4-3-6-17(20)13-25-22(27)18-9-10-21(24-14-18)26-12-11-16-5-1-2-7-19(16)15-26/h1-10,14H,11-13,15H2,(H,25,27). The van der Waals surface area contributed by atoms with Crippen LogP contribution in [0.3, 0.4) is 0 Å². The lowest BCUT2D eigenvalue weighted by Crippen LogP contribution is -2.31.